The van der Waals surface area contributed by atoms with E-state index in [-0.39, 0.29) is 0 Å². The minimum absolute atomic E-state index is 0.982. The lowest BCUT2D eigenvalue weighted by atomic mass is 9.93. The fourth-order valence-corrected chi connectivity index (χ4v) is 6.77. The molecule has 2 heterocycles. The first-order valence-electron chi connectivity index (χ1n) is 14.1. The molecular formula is C39H24N2. The predicted octanol–water partition coefficient (Wildman–Crippen LogP) is 10.3. The van der Waals surface area contributed by atoms with Crippen molar-refractivity contribution in [3.8, 4) is 50.2 Å². The third-order valence-corrected chi connectivity index (χ3v) is 8.62. The Morgan fingerprint density at radius 3 is 1.90 bits per heavy atom. The fraction of sp³-hybridized carbons (Fsp3) is 0. The van der Waals surface area contributed by atoms with Crippen LogP contribution in [-0.2, 0) is 0 Å². The van der Waals surface area contributed by atoms with Crippen LogP contribution in [0.2, 0.25) is 0 Å². The molecule has 1 aliphatic carbocycles. The van der Waals surface area contributed by atoms with Crippen LogP contribution < -0.4 is 0 Å². The molecule has 0 bridgehead atoms. The van der Waals surface area contributed by atoms with Crippen LogP contribution in [0, 0.1) is 0 Å². The van der Waals surface area contributed by atoms with Crippen LogP contribution in [0.5, 0.6) is 0 Å². The molecule has 0 saturated heterocycles. The summed E-state index contributed by atoms with van der Waals surface area (Å²) in [6, 6.07) is 50.5. The minimum Gasteiger partial charge on any atom is -0.294 e. The predicted molar refractivity (Wildman–Crippen MR) is 171 cm³/mol. The van der Waals surface area contributed by atoms with E-state index in [2.05, 4.69) is 138 Å². The lowest BCUT2D eigenvalue weighted by Crippen LogP contribution is -1.94. The molecule has 2 heteroatoms. The molecular weight excluding hydrogens is 496 g/mol. The normalized spacial score (nSPS) is 11.9. The minimum atomic E-state index is 0.982. The number of para-hydroxylation sites is 1. The van der Waals surface area contributed by atoms with Gasteiger partial charge in [-0.25, -0.2) is 4.98 Å². The maximum Gasteiger partial charge on any atom is 0.145 e. The molecule has 2 nitrogen and oxygen atoms in total. The number of aromatic nitrogens is 2. The Kier molecular flexibility index (Phi) is 4.64. The first-order valence-corrected chi connectivity index (χ1v) is 14.1. The van der Waals surface area contributed by atoms with Crippen LogP contribution >= 0.6 is 0 Å². The lowest BCUT2D eigenvalue weighted by molar-refractivity contribution is 1.14. The average Bonchev–Trinajstić information content (AvgIpc) is 3.56. The van der Waals surface area contributed by atoms with Crippen molar-refractivity contribution in [1.29, 1.82) is 0 Å². The number of nitrogens with zero attached hydrogens (tertiary/aromatic N) is 2. The first-order chi connectivity index (χ1) is 20.3. The van der Waals surface area contributed by atoms with Gasteiger partial charge in [0.1, 0.15) is 5.65 Å². The number of rotatable bonds is 3. The summed E-state index contributed by atoms with van der Waals surface area (Å²) >= 11 is 0. The van der Waals surface area contributed by atoms with Crippen LogP contribution in [0.25, 0.3) is 82.9 Å². The highest BCUT2D eigenvalue weighted by Gasteiger charge is 2.22. The monoisotopic (exact) mass is 520 g/mol. The van der Waals surface area contributed by atoms with Gasteiger partial charge in [0.25, 0.3) is 0 Å². The van der Waals surface area contributed by atoms with Gasteiger partial charge in [0.15, 0.2) is 0 Å². The van der Waals surface area contributed by atoms with Crippen molar-refractivity contribution in [1.82, 2.24) is 9.55 Å². The highest BCUT2D eigenvalue weighted by molar-refractivity contribution is 6.18. The third kappa shape index (κ3) is 3.22. The van der Waals surface area contributed by atoms with Crippen molar-refractivity contribution >= 4 is 32.7 Å². The molecule has 0 fully saturated rings. The summed E-state index contributed by atoms with van der Waals surface area (Å²) in [7, 11) is 0. The number of hydrogen-bond donors (Lipinski definition) is 0. The van der Waals surface area contributed by atoms with Gasteiger partial charge in [-0.05, 0) is 91.7 Å². The van der Waals surface area contributed by atoms with Crippen molar-refractivity contribution in [3.05, 3.63) is 146 Å². The van der Waals surface area contributed by atoms with Gasteiger partial charge in [-0.15, -0.1) is 0 Å². The summed E-state index contributed by atoms with van der Waals surface area (Å²) < 4.78 is 2.26. The van der Waals surface area contributed by atoms with Gasteiger partial charge in [0.05, 0.1) is 5.52 Å². The molecule has 0 spiro atoms. The van der Waals surface area contributed by atoms with Crippen molar-refractivity contribution in [3.63, 3.8) is 0 Å². The van der Waals surface area contributed by atoms with Crippen LogP contribution in [-0.4, -0.2) is 9.55 Å². The summed E-state index contributed by atoms with van der Waals surface area (Å²) in [5.74, 6) is 0. The van der Waals surface area contributed by atoms with Gasteiger partial charge >= 0.3 is 0 Å². The summed E-state index contributed by atoms with van der Waals surface area (Å²) in [6.07, 6.45) is 1.87. The second-order valence-electron chi connectivity index (χ2n) is 10.8. The largest absolute Gasteiger partial charge is 0.294 e. The molecule has 190 valence electrons. The molecule has 0 amide bonds. The molecule has 0 atom stereocenters. The molecule has 0 N–H and O–H groups in total. The molecule has 6 aromatic carbocycles. The second-order valence-corrected chi connectivity index (χ2v) is 10.8. The quantitative estimate of drug-likeness (QED) is 0.227. The zero-order valence-electron chi connectivity index (χ0n) is 22.3. The van der Waals surface area contributed by atoms with Gasteiger partial charge in [-0.3, -0.25) is 4.57 Å². The Balaban J connectivity index is 1.15. The molecule has 0 radical (unpaired) electrons. The van der Waals surface area contributed by atoms with E-state index >= 15 is 0 Å². The molecule has 2 aromatic heterocycles. The summed E-state index contributed by atoms with van der Waals surface area (Å²) in [6.45, 7) is 0. The van der Waals surface area contributed by atoms with E-state index in [1.54, 1.807) is 0 Å². The number of pyridine rings is 1. The topological polar surface area (TPSA) is 17.8 Å². The maximum atomic E-state index is 4.76. The van der Waals surface area contributed by atoms with E-state index in [1.165, 1.54) is 71.6 Å². The van der Waals surface area contributed by atoms with E-state index in [9.17, 15) is 0 Å². The Bertz CT molecular complexity index is 2260. The van der Waals surface area contributed by atoms with Gasteiger partial charge in [0.2, 0.25) is 0 Å². The molecule has 0 aliphatic heterocycles. The smallest absolute Gasteiger partial charge is 0.145 e. The van der Waals surface area contributed by atoms with Crippen LogP contribution in [0.4, 0.5) is 0 Å². The molecule has 8 aromatic rings. The van der Waals surface area contributed by atoms with Crippen LogP contribution in [0.1, 0.15) is 0 Å². The van der Waals surface area contributed by atoms with E-state index in [1.807, 2.05) is 12.3 Å². The van der Waals surface area contributed by atoms with Crippen molar-refractivity contribution in [2.75, 3.05) is 0 Å². The molecule has 1 aliphatic rings. The summed E-state index contributed by atoms with van der Waals surface area (Å²) in [4.78, 5) is 4.76. The van der Waals surface area contributed by atoms with E-state index in [0.717, 1.165) is 11.3 Å². The van der Waals surface area contributed by atoms with Gasteiger partial charge in [-0.2, -0.15) is 0 Å². The zero-order valence-corrected chi connectivity index (χ0v) is 22.3. The highest BCUT2D eigenvalue weighted by atomic mass is 15.0. The highest BCUT2D eigenvalue weighted by Crippen LogP contribution is 2.49. The lowest BCUT2D eigenvalue weighted by Gasteiger charge is -2.11. The third-order valence-electron chi connectivity index (χ3n) is 8.62. The van der Waals surface area contributed by atoms with Crippen LogP contribution in [0.3, 0.4) is 0 Å². The summed E-state index contributed by atoms with van der Waals surface area (Å²) in [5.41, 5.74) is 13.5. The van der Waals surface area contributed by atoms with E-state index in [4.69, 9.17) is 4.98 Å². The average molecular weight is 521 g/mol. The van der Waals surface area contributed by atoms with Gasteiger partial charge in [0, 0.05) is 22.7 Å². The van der Waals surface area contributed by atoms with Gasteiger partial charge < -0.3 is 0 Å². The second kappa shape index (κ2) is 8.51. The summed E-state index contributed by atoms with van der Waals surface area (Å²) in [5, 5.41) is 5.06. The Hall–Kier alpha value is -5.47. The zero-order chi connectivity index (χ0) is 26.9. The van der Waals surface area contributed by atoms with E-state index in [0.29, 0.717) is 0 Å². The standard InChI is InChI=1S/C39H24N2/c1-2-8-28(9-3-1)41-37-22-19-27(24-36(37)35-14-7-23-40-39(35)41)25-15-17-26(18-16-25)29-20-21-34-31-11-5-4-10-30(31)33-13-6-12-32(29)38(33)34/h1-24H. The maximum absolute atomic E-state index is 4.76. The van der Waals surface area contributed by atoms with Crippen molar-refractivity contribution in [2.45, 2.75) is 0 Å². The molecule has 9 rings (SSSR count). The number of benzene rings is 6. The Morgan fingerprint density at radius 2 is 1.07 bits per heavy atom. The van der Waals surface area contributed by atoms with Crippen molar-refractivity contribution in [2.24, 2.45) is 0 Å². The number of fused-ring (bicyclic) bond motifs is 6. The molecule has 41 heavy (non-hydrogen) atoms. The fourth-order valence-electron chi connectivity index (χ4n) is 6.77. The van der Waals surface area contributed by atoms with Gasteiger partial charge in [-0.1, -0.05) is 103 Å². The Morgan fingerprint density at radius 1 is 0.415 bits per heavy atom. The van der Waals surface area contributed by atoms with E-state index < -0.39 is 0 Å². The number of hydrogen-bond acceptors (Lipinski definition) is 1. The first kappa shape index (κ1) is 22.4. The van der Waals surface area contributed by atoms with Crippen LogP contribution in [0.15, 0.2) is 146 Å². The molecule has 0 unspecified atom stereocenters. The van der Waals surface area contributed by atoms with Crippen molar-refractivity contribution < 1.29 is 0 Å². The SMILES string of the molecule is c1ccc(-n2c3ccc(-c4ccc(-c5ccc6c7c(cccc57)-c5ccccc5-6)cc4)cc3c3cccnc32)cc1. The Labute approximate surface area is 237 Å². The molecule has 0 saturated carbocycles.